The predicted molar refractivity (Wildman–Crippen MR) is 146 cm³/mol. The number of hydrogen-bond donors (Lipinski definition) is 1. The van der Waals surface area contributed by atoms with E-state index < -0.39 is 66.8 Å². The van der Waals surface area contributed by atoms with E-state index in [-0.39, 0.29) is 46.5 Å². The van der Waals surface area contributed by atoms with Crippen LogP contribution in [-0.4, -0.2) is 45.7 Å². The highest BCUT2D eigenvalue weighted by Gasteiger charge is 2.48. The molecule has 3 amide bonds. The molecule has 5 rings (SSSR count). The van der Waals surface area contributed by atoms with Crippen LogP contribution in [0.5, 0.6) is 0 Å². The topological polar surface area (TPSA) is 119 Å². The van der Waals surface area contributed by atoms with Gasteiger partial charge < -0.3 is 5.32 Å². The minimum Gasteiger partial charge on any atom is -0.351 e. The molecule has 2 aliphatic rings. The quantitative estimate of drug-likeness (QED) is 0.362. The number of nitrogens with zero attached hydrogens (tertiary/aromatic N) is 5. The normalized spacial score (nSPS) is 18.5. The van der Waals surface area contributed by atoms with Crippen molar-refractivity contribution < 1.29 is 31.9 Å². The lowest BCUT2D eigenvalue weighted by Crippen LogP contribution is -2.54. The van der Waals surface area contributed by atoms with Crippen molar-refractivity contribution >= 4 is 40.8 Å². The van der Waals surface area contributed by atoms with Crippen LogP contribution in [0.1, 0.15) is 49.4 Å². The number of nitriles is 1. The van der Waals surface area contributed by atoms with Crippen molar-refractivity contribution in [1.82, 2.24) is 15.3 Å². The van der Waals surface area contributed by atoms with Gasteiger partial charge in [-0.1, -0.05) is 11.6 Å². The van der Waals surface area contributed by atoms with Gasteiger partial charge in [-0.25, -0.2) is 22.5 Å². The molecule has 222 valence electrons. The van der Waals surface area contributed by atoms with Gasteiger partial charge in [0.1, 0.15) is 17.5 Å². The molecule has 2 aromatic heterocycles. The molecule has 1 aliphatic carbocycles. The fraction of sp³-hybridized carbons (Fsp3) is 0.310. The highest BCUT2D eigenvalue weighted by Crippen LogP contribution is 2.39. The summed E-state index contributed by atoms with van der Waals surface area (Å²) in [6.07, 6.45) is 1.20. The van der Waals surface area contributed by atoms with E-state index in [0.717, 1.165) is 17.0 Å². The second-order valence-corrected chi connectivity index (χ2v) is 10.7. The molecule has 0 bridgehead atoms. The van der Waals surface area contributed by atoms with E-state index in [2.05, 4.69) is 15.3 Å². The Kier molecular flexibility index (Phi) is 8.32. The number of carbonyl (C=O) groups excluding carboxylic acids is 3. The van der Waals surface area contributed by atoms with E-state index in [1.165, 1.54) is 41.6 Å². The van der Waals surface area contributed by atoms with Gasteiger partial charge in [0.15, 0.2) is 6.04 Å². The Morgan fingerprint density at radius 3 is 2.51 bits per heavy atom. The van der Waals surface area contributed by atoms with Crippen LogP contribution >= 0.6 is 11.6 Å². The number of benzene rings is 1. The molecule has 3 heterocycles. The molecule has 1 N–H and O–H groups in total. The number of anilines is 2. The molecule has 1 saturated carbocycles. The van der Waals surface area contributed by atoms with E-state index in [9.17, 15) is 37.2 Å². The maximum atomic E-state index is 14.5. The van der Waals surface area contributed by atoms with Crippen molar-refractivity contribution in [2.24, 2.45) is 0 Å². The third-order valence-corrected chi connectivity index (χ3v) is 7.56. The number of hydrogen-bond acceptors (Lipinski definition) is 6. The van der Waals surface area contributed by atoms with Crippen molar-refractivity contribution in [2.45, 2.75) is 56.2 Å². The van der Waals surface area contributed by atoms with Crippen molar-refractivity contribution in [3.63, 3.8) is 0 Å². The number of halogens is 5. The van der Waals surface area contributed by atoms with Gasteiger partial charge in [-0.3, -0.25) is 29.2 Å². The molecule has 1 saturated heterocycles. The average Bonchev–Trinajstić information content (AvgIpc) is 3.29. The summed E-state index contributed by atoms with van der Waals surface area (Å²) in [6, 6.07) is 6.47. The van der Waals surface area contributed by atoms with Crippen LogP contribution in [0.2, 0.25) is 5.02 Å². The van der Waals surface area contributed by atoms with Gasteiger partial charge in [0.05, 0.1) is 28.0 Å². The summed E-state index contributed by atoms with van der Waals surface area (Å²) >= 11 is 6.38. The summed E-state index contributed by atoms with van der Waals surface area (Å²) in [5.41, 5.74) is -0.285. The minimum atomic E-state index is -2.97. The number of alkyl halides is 2. The highest BCUT2D eigenvalue weighted by molar-refractivity contribution is 6.31. The van der Waals surface area contributed by atoms with Crippen molar-refractivity contribution in [2.75, 3.05) is 9.80 Å². The number of nitrogens with one attached hydrogen (secondary N) is 1. The number of aromatic nitrogens is 2. The maximum Gasteiger partial charge on any atom is 0.252 e. The van der Waals surface area contributed by atoms with Crippen LogP contribution in [0.3, 0.4) is 0 Å². The summed E-state index contributed by atoms with van der Waals surface area (Å²) in [6.45, 7) is 0. The second kappa shape index (κ2) is 12.0. The Morgan fingerprint density at radius 2 is 1.86 bits per heavy atom. The first-order chi connectivity index (χ1) is 20.5. The van der Waals surface area contributed by atoms with Gasteiger partial charge in [-0.2, -0.15) is 5.26 Å². The molecule has 0 radical (unpaired) electrons. The van der Waals surface area contributed by atoms with Gasteiger partial charge >= 0.3 is 0 Å². The summed E-state index contributed by atoms with van der Waals surface area (Å²) < 4.78 is 56.1. The standard InChI is InChI=1S/C29H23ClF4N6O3/c30-22-2-1-6-37-26(22)27(28(43)38-19-13-29(33,34)14-19)40(21-10-17(31)9-18(32)11-21)25(42)12-20-3-4-24(41)39(20)23-8-16(15-35)5-7-36-23/h1-2,5-11,19-20,27H,3-4,12-14H2,(H,38,43)/t20-,27-/m0/s1. The van der Waals surface area contributed by atoms with Gasteiger partial charge in [-0.15, -0.1) is 0 Å². The first-order valence-corrected chi connectivity index (χ1v) is 13.6. The monoisotopic (exact) mass is 614 g/mol. The van der Waals surface area contributed by atoms with Crippen LogP contribution in [-0.2, 0) is 14.4 Å². The zero-order valence-corrected chi connectivity index (χ0v) is 23.1. The third kappa shape index (κ3) is 6.44. The number of carbonyl (C=O) groups is 3. The van der Waals surface area contributed by atoms with E-state index in [0.29, 0.717) is 6.07 Å². The van der Waals surface area contributed by atoms with Crippen LogP contribution in [0.4, 0.5) is 29.1 Å². The zero-order chi connectivity index (χ0) is 30.9. The Labute approximate surface area is 248 Å². The molecule has 1 aliphatic heterocycles. The molecule has 9 nitrogen and oxygen atoms in total. The van der Waals surface area contributed by atoms with Gasteiger partial charge in [0.25, 0.3) is 5.92 Å². The van der Waals surface area contributed by atoms with Crippen molar-refractivity contribution in [3.05, 3.63) is 82.8 Å². The fourth-order valence-corrected chi connectivity index (χ4v) is 5.52. The summed E-state index contributed by atoms with van der Waals surface area (Å²) in [5.74, 6) is -7.07. The molecule has 43 heavy (non-hydrogen) atoms. The Morgan fingerprint density at radius 1 is 1.14 bits per heavy atom. The molecule has 2 atom stereocenters. The number of amides is 3. The van der Waals surface area contributed by atoms with Gasteiger partial charge in [-0.05, 0) is 42.8 Å². The van der Waals surface area contributed by atoms with E-state index in [1.54, 1.807) is 0 Å². The average molecular weight is 615 g/mol. The van der Waals surface area contributed by atoms with Crippen LogP contribution in [0.15, 0.2) is 54.9 Å². The maximum absolute atomic E-state index is 14.5. The fourth-order valence-electron chi connectivity index (χ4n) is 5.29. The lowest BCUT2D eigenvalue weighted by atomic mass is 9.88. The molecule has 0 spiro atoms. The largest absolute Gasteiger partial charge is 0.351 e. The third-order valence-electron chi connectivity index (χ3n) is 7.24. The van der Waals surface area contributed by atoms with E-state index >= 15 is 0 Å². The van der Waals surface area contributed by atoms with Crippen molar-refractivity contribution in [3.8, 4) is 6.07 Å². The Bertz CT molecular complexity index is 1610. The Hall–Kier alpha value is -4.57. The summed E-state index contributed by atoms with van der Waals surface area (Å²) in [5, 5.41) is 11.7. The molecule has 14 heteroatoms. The van der Waals surface area contributed by atoms with E-state index in [1.807, 2.05) is 6.07 Å². The molecule has 0 unspecified atom stereocenters. The van der Waals surface area contributed by atoms with Gasteiger partial charge in [0, 0.05) is 56.2 Å². The molecule has 3 aromatic rings. The first-order valence-electron chi connectivity index (χ1n) is 13.2. The Balaban J connectivity index is 1.55. The minimum absolute atomic E-state index is 0.0525. The van der Waals surface area contributed by atoms with Crippen LogP contribution in [0.25, 0.3) is 0 Å². The molecule has 1 aromatic carbocycles. The predicted octanol–water partition coefficient (Wildman–Crippen LogP) is 4.85. The lowest BCUT2D eigenvalue weighted by Gasteiger charge is -2.38. The van der Waals surface area contributed by atoms with E-state index in [4.69, 9.17) is 11.6 Å². The molecular formula is C29H23ClF4N6O3. The van der Waals surface area contributed by atoms with Crippen molar-refractivity contribution in [1.29, 1.82) is 5.26 Å². The number of rotatable bonds is 8. The summed E-state index contributed by atoms with van der Waals surface area (Å²) in [7, 11) is 0. The van der Waals surface area contributed by atoms with Crippen LogP contribution < -0.4 is 15.1 Å². The smallest absolute Gasteiger partial charge is 0.252 e. The second-order valence-electron chi connectivity index (χ2n) is 10.3. The molecular weight excluding hydrogens is 592 g/mol. The summed E-state index contributed by atoms with van der Waals surface area (Å²) in [4.78, 5) is 51.1. The zero-order valence-electron chi connectivity index (χ0n) is 22.3. The first kappa shape index (κ1) is 29.9. The van der Waals surface area contributed by atoms with Gasteiger partial charge in [0.2, 0.25) is 17.7 Å². The molecule has 2 fully saturated rings. The number of pyridine rings is 2. The van der Waals surface area contributed by atoms with Crippen LogP contribution in [0, 0.1) is 23.0 Å². The highest BCUT2D eigenvalue weighted by atomic mass is 35.5. The SMILES string of the molecule is N#Cc1ccnc(N2C(=O)CC[C@H]2CC(=O)N(c2cc(F)cc(F)c2)[C@H](C(=O)NC2CC(F)(F)C2)c2ncccc2Cl)c1. The lowest BCUT2D eigenvalue weighted by molar-refractivity contribution is -0.133.